The minimum atomic E-state index is -0.921. The molecule has 0 aromatic carbocycles. The van der Waals surface area contributed by atoms with E-state index < -0.39 is 5.60 Å². The highest BCUT2D eigenvalue weighted by Crippen LogP contribution is 2.25. The fourth-order valence-electron chi connectivity index (χ4n) is 3.12. The molecule has 1 saturated heterocycles. The number of amides is 1. The van der Waals surface area contributed by atoms with Gasteiger partial charge in [-0.3, -0.25) is 9.78 Å². The number of carbonyl (C=O) groups excluding carboxylic acids is 1. The number of β-amino-alcohol motifs (C(OH)–C–C–N with tert-alkyl or cyclic N) is 1. The Balaban J connectivity index is 1.61. The first-order valence-corrected chi connectivity index (χ1v) is 8.93. The molecule has 0 radical (unpaired) electrons. The Morgan fingerprint density at radius 2 is 2.38 bits per heavy atom. The van der Waals surface area contributed by atoms with Crippen LogP contribution in [0.4, 0.5) is 5.82 Å². The summed E-state index contributed by atoms with van der Waals surface area (Å²) in [6, 6.07) is 3.91. The number of piperidine rings is 1. The molecule has 1 N–H and O–H groups in total. The van der Waals surface area contributed by atoms with E-state index in [4.69, 9.17) is 0 Å². The average molecular weight is 346 g/mol. The summed E-state index contributed by atoms with van der Waals surface area (Å²) in [7, 11) is 1.76. The zero-order valence-electron chi connectivity index (χ0n) is 13.8. The maximum Gasteiger partial charge on any atom is 0.227 e. The van der Waals surface area contributed by atoms with Crippen molar-refractivity contribution < 1.29 is 9.90 Å². The molecule has 3 rings (SSSR count). The molecule has 2 aromatic heterocycles. The molecule has 1 aliphatic heterocycles. The van der Waals surface area contributed by atoms with E-state index in [-0.39, 0.29) is 5.91 Å². The van der Waals surface area contributed by atoms with Crippen LogP contribution in [0.1, 0.15) is 17.7 Å². The number of carbonyl (C=O) groups is 1. The predicted molar refractivity (Wildman–Crippen MR) is 94.1 cm³/mol. The molecule has 24 heavy (non-hydrogen) atoms. The maximum atomic E-state index is 12.4. The first-order valence-electron chi connectivity index (χ1n) is 8.05. The number of rotatable bonds is 5. The standard InChI is InChI=1S/C17H22N4O2S/c1-20(16(22)10-14-4-2-9-24-14)12-17(23)5-3-8-21(13-17)15-11-18-6-7-19-15/h2,4,6-7,9,11,23H,3,5,8,10,12-13H2,1H3/t17-/m0/s1. The summed E-state index contributed by atoms with van der Waals surface area (Å²) in [5, 5.41) is 12.9. The molecule has 0 aliphatic carbocycles. The molecule has 6 nitrogen and oxygen atoms in total. The van der Waals surface area contributed by atoms with Gasteiger partial charge in [-0.1, -0.05) is 6.07 Å². The number of anilines is 1. The third kappa shape index (κ3) is 4.10. The topological polar surface area (TPSA) is 69.6 Å². The van der Waals surface area contributed by atoms with E-state index in [0.29, 0.717) is 25.9 Å². The van der Waals surface area contributed by atoms with Crippen molar-refractivity contribution in [1.82, 2.24) is 14.9 Å². The number of nitrogens with zero attached hydrogens (tertiary/aromatic N) is 4. The smallest absolute Gasteiger partial charge is 0.227 e. The molecule has 1 amide bonds. The summed E-state index contributed by atoms with van der Waals surface area (Å²) >= 11 is 1.58. The van der Waals surface area contributed by atoms with E-state index in [1.807, 2.05) is 22.4 Å². The number of hydrogen-bond donors (Lipinski definition) is 1. The van der Waals surface area contributed by atoms with Gasteiger partial charge in [-0.15, -0.1) is 11.3 Å². The molecule has 3 heterocycles. The molecule has 1 aliphatic rings. The van der Waals surface area contributed by atoms with Crippen molar-refractivity contribution in [1.29, 1.82) is 0 Å². The normalized spacial score (nSPS) is 20.8. The van der Waals surface area contributed by atoms with Crippen LogP contribution < -0.4 is 4.90 Å². The van der Waals surface area contributed by atoms with Gasteiger partial charge >= 0.3 is 0 Å². The van der Waals surface area contributed by atoms with Crippen LogP contribution in [-0.2, 0) is 11.2 Å². The Kier molecular flexibility index (Phi) is 5.11. The Labute approximate surface area is 145 Å². The number of aromatic nitrogens is 2. The minimum absolute atomic E-state index is 0.0301. The molecule has 7 heteroatoms. The van der Waals surface area contributed by atoms with Crippen LogP contribution >= 0.6 is 11.3 Å². The van der Waals surface area contributed by atoms with Crippen LogP contribution in [0.3, 0.4) is 0 Å². The van der Waals surface area contributed by atoms with Gasteiger partial charge in [0.05, 0.1) is 24.8 Å². The Morgan fingerprint density at radius 3 is 3.08 bits per heavy atom. The van der Waals surface area contributed by atoms with Gasteiger partial charge in [0.15, 0.2) is 0 Å². The second kappa shape index (κ2) is 7.27. The van der Waals surface area contributed by atoms with Gasteiger partial charge in [0, 0.05) is 37.4 Å². The predicted octanol–water partition coefficient (Wildman–Crippen LogP) is 1.57. The van der Waals surface area contributed by atoms with Gasteiger partial charge in [0.1, 0.15) is 5.82 Å². The highest BCUT2D eigenvalue weighted by Gasteiger charge is 2.35. The van der Waals surface area contributed by atoms with Crippen LogP contribution in [0.25, 0.3) is 0 Å². The highest BCUT2D eigenvalue weighted by molar-refractivity contribution is 7.10. The third-order valence-electron chi connectivity index (χ3n) is 4.29. The molecular formula is C17H22N4O2S. The molecule has 0 saturated carbocycles. The quantitative estimate of drug-likeness (QED) is 0.890. The van der Waals surface area contributed by atoms with Crippen molar-refractivity contribution in [3.05, 3.63) is 41.0 Å². The highest BCUT2D eigenvalue weighted by atomic mass is 32.1. The Hall–Kier alpha value is -1.99. The summed E-state index contributed by atoms with van der Waals surface area (Å²) in [6.45, 7) is 1.63. The summed E-state index contributed by atoms with van der Waals surface area (Å²) in [5.74, 6) is 0.797. The molecule has 0 unspecified atom stereocenters. The van der Waals surface area contributed by atoms with E-state index in [2.05, 4.69) is 9.97 Å². The van der Waals surface area contributed by atoms with Crippen molar-refractivity contribution in [2.45, 2.75) is 24.9 Å². The maximum absolute atomic E-state index is 12.4. The van der Waals surface area contributed by atoms with E-state index in [1.54, 1.807) is 41.9 Å². The fraction of sp³-hybridized carbons (Fsp3) is 0.471. The van der Waals surface area contributed by atoms with Crippen molar-refractivity contribution in [3.63, 3.8) is 0 Å². The number of hydrogen-bond acceptors (Lipinski definition) is 6. The SMILES string of the molecule is CN(C[C@@]1(O)CCCN(c2cnccn2)C1)C(=O)Cc1cccs1. The van der Waals surface area contributed by atoms with Gasteiger partial charge in [-0.05, 0) is 24.3 Å². The summed E-state index contributed by atoms with van der Waals surface area (Å²) in [5.41, 5.74) is -0.921. The molecular weight excluding hydrogens is 324 g/mol. The lowest BCUT2D eigenvalue weighted by atomic mass is 9.92. The molecule has 2 aromatic rings. The Morgan fingerprint density at radius 1 is 1.50 bits per heavy atom. The molecule has 1 atom stereocenters. The molecule has 0 bridgehead atoms. The van der Waals surface area contributed by atoms with Gasteiger partial charge in [0.25, 0.3) is 0 Å². The minimum Gasteiger partial charge on any atom is -0.386 e. The zero-order valence-corrected chi connectivity index (χ0v) is 14.6. The second-order valence-corrected chi connectivity index (χ2v) is 7.35. The van der Waals surface area contributed by atoms with Crippen LogP contribution in [0.15, 0.2) is 36.1 Å². The lowest BCUT2D eigenvalue weighted by Gasteiger charge is -2.41. The fourth-order valence-corrected chi connectivity index (χ4v) is 3.81. The molecule has 128 valence electrons. The van der Waals surface area contributed by atoms with Crippen LogP contribution in [0.2, 0.25) is 0 Å². The molecule has 1 fully saturated rings. The second-order valence-electron chi connectivity index (χ2n) is 6.32. The van der Waals surface area contributed by atoms with E-state index >= 15 is 0 Å². The van der Waals surface area contributed by atoms with Crippen molar-refractivity contribution in [2.75, 3.05) is 31.6 Å². The number of thiophene rings is 1. The van der Waals surface area contributed by atoms with Crippen LogP contribution in [0, 0.1) is 0 Å². The van der Waals surface area contributed by atoms with Crippen molar-refractivity contribution in [3.8, 4) is 0 Å². The van der Waals surface area contributed by atoms with Crippen molar-refractivity contribution in [2.24, 2.45) is 0 Å². The summed E-state index contributed by atoms with van der Waals surface area (Å²) in [4.78, 5) is 25.5. The first kappa shape index (κ1) is 16.9. The van der Waals surface area contributed by atoms with Gasteiger partial charge in [-0.2, -0.15) is 0 Å². The van der Waals surface area contributed by atoms with Gasteiger partial charge in [0.2, 0.25) is 5.91 Å². The van der Waals surface area contributed by atoms with Gasteiger partial charge in [-0.25, -0.2) is 4.98 Å². The van der Waals surface area contributed by atoms with Crippen LogP contribution in [0.5, 0.6) is 0 Å². The lowest BCUT2D eigenvalue weighted by molar-refractivity contribution is -0.132. The first-order chi connectivity index (χ1) is 11.6. The number of likely N-dealkylation sites (N-methyl/N-ethyl adjacent to an activating group) is 1. The summed E-state index contributed by atoms with van der Waals surface area (Å²) in [6.07, 6.45) is 6.92. The number of aliphatic hydroxyl groups is 1. The van der Waals surface area contributed by atoms with Crippen LogP contribution in [-0.4, -0.2) is 58.2 Å². The Bertz CT molecular complexity index is 664. The third-order valence-corrected chi connectivity index (χ3v) is 5.17. The van der Waals surface area contributed by atoms with Crippen molar-refractivity contribution >= 4 is 23.1 Å². The van der Waals surface area contributed by atoms with E-state index in [1.165, 1.54) is 0 Å². The zero-order chi connectivity index (χ0) is 17.0. The monoisotopic (exact) mass is 346 g/mol. The molecule has 0 spiro atoms. The largest absolute Gasteiger partial charge is 0.386 e. The summed E-state index contributed by atoms with van der Waals surface area (Å²) < 4.78 is 0. The van der Waals surface area contributed by atoms with E-state index in [9.17, 15) is 9.90 Å². The van der Waals surface area contributed by atoms with E-state index in [0.717, 1.165) is 23.7 Å². The lowest BCUT2D eigenvalue weighted by Crippen LogP contribution is -2.55. The van der Waals surface area contributed by atoms with Gasteiger partial charge < -0.3 is 14.9 Å². The average Bonchev–Trinajstić information content (AvgIpc) is 3.08.